The van der Waals surface area contributed by atoms with Crippen molar-refractivity contribution in [1.82, 2.24) is 4.90 Å². The minimum absolute atomic E-state index is 0.0999. The van der Waals surface area contributed by atoms with E-state index in [4.69, 9.17) is 4.74 Å². The van der Waals surface area contributed by atoms with Crippen LogP contribution in [0.15, 0.2) is 77.7 Å². The molecule has 7 heteroatoms. The van der Waals surface area contributed by atoms with Gasteiger partial charge < -0.3 is 4.74 Å². The van der Waals surface area contributed by atoms with Gasteiger partial charge in [0.05, 0.1) is 11.4 Å². The topological polar surface area (TPSA) is 46.6 Å². The van der Waals surface area contributed by atoms with E-state index >= 15 is 0 Å². The molecule has 156 valence electrons. The maximum atomic E-state index is 13.8. The van der Waals surface area contributed by atoms with E-state index in [2.05, 4.69) is 22.6 Å². The summed E-state index contributed by atoms with van der Waals surface area (Å²) in [4.78, 5) is 26.8. The van der Waals surface area contributed by atoms with Crippen molar-refractivity contribution in [2.45, 2.75) is 13.2 Å². The molecule has 3 aromatic carbocycles. The van der Waals surface area contributed by atoms with Crippen molar-refractivity contribution < 1.29 is 18.7 Å². The normalized spacial score (nSPS) is 15.0. The van der Waals surface area contributed by atoms with Gasteiger partial charge in [0.1, 0.15) is 18.2 Å². The molecule has 1 fully saturated rings. The third-order valence-electron chi connectivity index (χ3n) is 4.64. The number of carbonyl (C=O) groups is 2. The number of nitrogens with zero attached hydrogens (tertiary/aromatic N) is 1. The van der Waals surface area contributed by atoms with Gasteiger partial charge in [-0.1, -0.05) is 42.5 Å². The number of thioether (sulfide) groups is 1. The Bertz CT molecular complexity index is 1160. The molecule has 1 saturated heterocycles. The van der Waals surface area contributed by atoms with Gasteiger partial charge in [0.15, 0.2) is 0 Å². The monoisotopic (exact) mass is 545 g/mol. The maximum Gasteiger partial charge on any atom is 0.293 e. The first-order valence-corrected chi connectivity index (χ1v) is 11.4. The first-order chi connectivity index (χ1) is 15.0. The van der Waals surface area contributed by atoms with Gasteiger partial charge in [-0.25, -0.2) is 4.39 Å². The van der Waals surface area contributed by atoms with Crippen LogP contribution < -0.4 is 4.74 Å². The van der Waals surface area contributed by atoms with Crippen LogP contribution in [0.4, 0.5) is 9.18 Å². The number of benzene rings is 3. The maximum absolute atomic E-state index is 13.8. The highest BCUT2D eigenvalue weighted by Gasteiger charge is 2.34. The number of carbonyl (C=O) groups excluding carboxylic acids is 2. The number of imide groups is 1. The molecule has 1 aliphatic heterocycles. The van der Waals surface area contributed by atoms with Crippen LogP contribution in [0.1, 0.15) is 16.7 Å². The molecular formula is C24H17FINO3S. The molecule has 31 heavy (non-hydrogen) atoms. The summed E-state index contributed by atoms with van der Waals surface area (Å²) in [6.45, 7) is 0.341. The zero-order chi connectivity index (χ0) is 21.8. The predicted octanol–water partition coefficient (Wildman–Crippen LogP) is 6.25. The Balaban J connectivity index is 1.46. The van der Waals surface area contributed by atoms with Crippen LogP contribution in [0.2, 0.25) is 0 Å². The fourth-order valence-corrected chi connectivity index (χ4v) is 4.23. The van der Waals surface area contributed by atoms with Gasteiger partial charge >= 0.3 is 0 Å². The average molecular weight is 545 g/mol. The Morgan fingerprint density at radius 2 is 1.77 bits per heavy atom. The van der Waals surface area contributed by atoms with Gasteiger partial charge in [0.2, 0.25) is 0 Å². The summed E-state index contributed by atoms with van der Waals surface area (Å²) in [5.41, 5.74) is 2.09. The summed E-state index contributed by atoms with van der Waals surface area (Å²) < 4.78 is 20.6. The van der Waals surface area contributed by atoms with Crippen molar-refractivity contribution in [3.05, 3.63) is 104 Å². The Kier molecular flexibility index (Phi) is 6.72. The molecular weight excluding hydrogens is 528 g/mol. The number of halogens is 2. The van der Waals surface area contributed by atoms with E-state index in [9.17, 15) is 14.0 Å². The Morgan fingerprint density at radius 1 is 1.00 bits per heavy atom. The molecule has 1 aliphatic rings. The highest BCUT2D eigenvalue weighted by atomic mass is 127. The van der Waals surface area contributed by atoms with E-state index in [1.807, 2.05) is 30.3 Å². The molecule has 0 unspecified atom stereocenters. The molecule has 0 atom stereocenters. The van der Waals surface area contributed by atoms with Crippen molar-refractivity contribution >= 4 is 51.6 Å². The van der Waals surface area contributed by atoms with E-state index in [0.717, 1.165) is 26.5 Å². The first-order valence-electron chi connectivity index (χ1n) is 9.46. The predicted molar refractivity (Wildman–Crippen MR) is 128 cm³/mol. The third kappa shape index (κ3) is 5.34. The molecule has 0 spiro atoms. The van der Waals surface area contributed by atoms with E-state index in [1.165, 1.54) is 11.0 Å². The summed E-state index contributed by atoms with van der Waals surface area (Å²) in [5, 5.41) is -0.290. The second kappa shape index (κ2) is 9.65. The standard InChI is InChI=1S/C24H17FINO3S/c25-21-7-2-1-5-18(21)15-30-20-6-3-4-17(12-20)13-22-23(28)27(24(29)31-22)14-16-8-10-19(26)11-9-16/h1-13H,14-15H2/b22-13+. The molecule has 2 amide bonds. The molecule has 0 N–H and O–H groups in total. The average Bonchev–Trinajstić information content (AvgIpc) is 3.02. The van der Waals surface area contributed by atoms with Crippen LogP contribution >= 0.6 is 34.4 Å². The second-order valence-corrected chi connectivity index (χ2v) is 9.09. The van der Waals surface area contributed by atoms with Gasteiger partial charge in [-0.3, -0.25) is 14.5 Å². The molecule has 4 nitrogen and oxygen atoms in total. The highest BCUT2D eigenvalue weighted by molar-refractivity contribution is 14.1. The zero-order valence-electron chi connectivity index (χ0n) is 16.3. The Hall–Kier alpha value is -2.65. The largest absolute Gasteiger partial charge is 0.489 e. The van der Waals surface area contributed by atoms with Gasteiger partial charge in [0, 0.05) is 9.13 Å². The fourth-order valence-electron chi connectivity index (χ4n) is 3.03. The van der Waals surface area contributed by atoms with E-state index < -0.39 is 0 Å². The Morgan fingerprint density at radius 3 is 2.55 bits per heavy atom. The fraction of sp³-hybridized carbons (Fsp3) is 0.0833. The summed E-state index contributed by atoms with van der Waals surface area (Å²) in [6.07, 6.45) is 1.68. The molecule has 0 radical (unpaired) electrons. The van der Waals surface area contributed by atoms with Crippen molar-refractivity contribution in [2.75, 3.05) is 0 Å². The molecule has 0 aliphatic carbocycles. The number of ether oxygens (including phenoxy) is 1. The SMILES string of the molecule is O=C1S/C(=C/c2cccc(OCc3ccccc3F)c2)C(=O)N1Cc1ccc(I)cc1. The van der Waals surface area contributed by atoms with Crippen LogP contribution in [-0.2, 0) is 17.9 Å². The van der Waals surface area contributed by atoms with Gasteiger partial charge in [-0.05, 0) is 81.9 Å². The van der Waals surface area contributed by atoms with Crippen molar-refractivity contribution in [1.29, 1.82) is 0 Å². The second-order valence-electron chi connectivity index (χ2n) is 6.85. The van der Waals surface area contributed by atoms with E-state index in [1.54, 1.807) is 42.5 Å². The van der Waals surface area contributed by atoms with Crippen molar-refractivity contribution in [2.24, 2.45) is 0 Å². The Labute approximate surface area is 197 Å². The van der Waals surface area contributed by atoms with Crippen molar-refractivity contribution in [3.8, 4) is 5.75 Å². The van der Waals surface area contributed by atoms with E-state index in [-0.39, 0.29) is 30.1 Å². The highest BCUT2D eigenvalue weighted by Crippen LogP contribution is 2.33. The van der Waals surface area contributed by atoms with Gasteiger partial charge in [-0.2, -0.15) is 0 Å². The van der Waals surface area contributed by atoms with Crippen LogP contribution in [0, 0.1) is 9.39 Å². The van der Waals surface area contributed by atoms with Crippen LogP contribution in [0.3, 0.4) is 0 Å². The van der Waals surface area contributed by atoms with Crippen molar-refractivity contribution in [3.63, 3.8) is 0 Å². The number of amides is 2. The first kappa shape index (κ1) is 21.6. The minimum Gasteiger partial charge on any atom is -0.489 e. The quantitative estimate of drug-likeness (QED) is 0.272. The molecule has 3 aromatic rings. The summed E-state index contributed by atoms with van der Waals surface area (Å²) in [6, 6.07) is 21.3. The smallest absolute Gasteiger partial charge is 0.293 e. The lowest BCUT2D eigenvalue weighted by Gasteiger charge is -2.12. The van der Waals surface area contributed by atoms with Gasteiger partial charge in [0.25, 0.3) is 11.1 Å². The molecule has 0 saturated carbocycles. The number of hydrogen-bond donors (Lipinski definition) is 0. The lowest BCUT2D eigenvalue weighted by molar-refractivity contribution is -0.123. The van der Waals surface area contributed by atoms with Crippen LogP contribution in [0.25, 0.3) is 6.08 Å². The van der Waals surface area contributed by atoms with Crippen LogP contribution in [0.5, 0.6) is 5.75 Å². The lowest BCUT2D eigenvalue weighted by Crippen LogP contribution is -2.27. The third-order valence-corrected chi connectivity index (χ3v) is 6.26. The molecule has 0 bridgehead atoms. The molecule has 4 rings (SSSR count). The number of rotatable bonds is 6. The molecule has 1 heterocycles. The summed E-state index contributed by atoms with van der Waals surface area (Å²) in [7, 11) is 0. The zero-order valence-corrected chi connectivity index (χ0v) is 19.2. The minimum atomic E-state index is -0.319. The number of hydrogen-bond acceptors (Lipinski definition) is 4. The summed E-state index contributed by atoms with van der Waals surface area (Å²) in [5.74, 6) is -0.0817. The molecule has 0 aromatic heterocycles. The lowest BCUT2D eigenvalue weighted by atomic mass is 10.2. The van der Waals surface area contributed by atoms with Crippen LogP contribution in [-0.4, -0.2) is 16.0 Å². The van der Waals surface area contributed by atoms with E-state index in [0.29, 0.717) is 16.2 Å². The van der Waals surface area contributed by atoms with Gasteiger partial charge in [-0.15, -0.1) is 0 Å². The summed E-state index contributed by atoms with van der Waals surface area (Å²) >= 11 is 3.13.